The summed E-state index contributed by atoms with van der Waals surface area (Å²) in [6.07, 6.45) is 27.1. The highest BCUT2D eigenvalue weighted by atomic mass is 31.2. The number of aliphatic hydroxyl groups excluding tert-OH is 3. The third kappa shape index (κ3) is 29.5. The van der Waals surface area contributed by atoms with E-state index < -0.39 is 31.9 Å². The maximum Gasteiger partial charge on any atom is 0.470 e. The van der Waals surface area contributed by atoms with Crippen molar-refractivity contribution in [2.75, 3.05) is 19.8 Å². The molecule has 45 heavy (non-hydrogen) atoms. The summed E-state index contributed by atoms with van der Waals surface area (Å²) in [5, 5.41) is 28.0. The first-order valence-electron chi connectivity index (χ1n) is 18.5. The van der Waals surface area contributed by atoms with Crippen LogP contribution in [0, 0.1) is 0 Å². The number of phosphoric ester groups is 1. The summed E-state index contributed by atoms with van der Waals surface area (Å²) in [7, 11) is -5.06. The Bertz CT molecular complexity index is 676. The zero-order valence-corrected chi connectivity index (χ0v) is 30.2. The Morgan fingerprint density at radius 2 is 0.956 bits per heavy atom. The first-order chi connectivity index (χ1) is 21.6. The van der Waals surface area contributed by atoms with E-state index in [4.69, 9.17) is 15.4 Å². The molecule has 0 saturated carbocycles. The minimum absolute atomic E-state index is 0.00523. The second kappa shape index (κ2) is 33.5. The van der Waals surface area contributed by atoms with E-state index in [0.717, 1.165) is 44.9 Å². The van der Waals surface area contributed by atoms with Gasteiger partial charge < -0.3 is 30.8 Å². The van der Waals surface area contributed by atoms with Crippen LogP contribution < -0.4 is 5.73 Å². The summed E-state index contributed by atoms with van der Waals surface area (Å²) in [4.78, 5) is 32.4. The average Bonchev–Trinajstić information content (AvgIpc) is 3.02. The molecule has 0 aromatic rings. The molecule has 0 bridgehead atoms. The van der Waals surface area contributed by atoms with Crippen molar-refractivity contribution in [3.63, 3.8) is 0 Å². The van der Waals surface area contributed by atoms with Gasteiger partial charge in [-0.15, -0.1) is 0 Å². The van der Waals surface area contributed by atoms with E-state index in [1.54, 1.807) is 0 Å². The molecule has 0 saturated heterocycles. The maximum atomic E-state index is 13.2. The third-order valence-corrected chi connectivity index (χ3v) is 9.07. The summed E-state index contributed by atoms with van der Waals surface area (Å²) in [5.74, 6) is -0.520. The lowest BCUT2D eigenvalue weighted by Crippen LogP contribution is -2.52. The van der Waals surface area contributed by atoms with Crippen molar-refractivity contribution >= 4 is 13.6 Å². The van der Waals surface area contributed by atoms with Crippen LogP contribution in [0.15, 0.2) is 0 Å². The van der Waals surface area contributed by atoms with Gasteiger partial charge in [0.25, 0.3) is 0 Å². The van der Waals surface area contributed by atoms with Gasteiger partial charge in [0.2, 0.25) is 0 Å². The molecule has 2 atom stereocenters. The van der Waals surface area contributed by atoms with E-state index in [2.05, 4.69) is 13.8 Å². The molecule has 0 amide bonds. The average molecular weight is 668 g/mol. The van der Waals surface area contributed by atoms with Crippen molar-refractivity contribution in [1.82, 2.24) is 0 Å². The predicted octanol–water partition coefficient (Wildman–Crippen LogP) is 8.27. The molecule has 0 aliphatic carbocycles. The maximum absolute atomic E-state index is 13.2. The van der Waals surface area contributed by atoms with Gasteiger partial charge in [-0.3, -0.25) is 9.32 Å². The molecule has 0 aliphatic rings. The topological polar surface area (TPSA) is 171 Å². The zero-order valence-electron chi connectivity index (χ0n) is 29.3. The quantitative estimate of drug-likeness (QED) is 0.0298. The lowest BCUT2D eigenvalue weighted by molar-refractivity contribution is -0.153. The molecule has 0 spiro atoms. The second-order valence-electron chi connectivity index (χ2n) is 12.7. The van der Waals surface area contributed by atoms with Crippen LogP contribution in [0.25, 0.3) is 0 Å². The SMILES string of the molecule is CCCCCCCCCCCCCCCCC(OP(=O)(O)O)(C(=O)CCCCCCCCCCCCC)C(O)CO.NCCO. The Morgan fingerprint density at radius 3 is 1.24 bits per heavy atom. The molecule has 0 radical (unpaired) electrons. The van der Waals surface area contributed by atoms with Crippen LogP contribution in [0.3, 0.4) is 0 Å². The molecule has 9 nitrogen and oxygen atoms in total. The standard InChI is InChI=1S/C33H67O7P.C2H7NO/c1-3-5-7-9-11-13-15-16-17-19-21-23-25-27-29-33(32(36)30-34,40-41(37,38)39)31(35)28-26-24-22-20-18-14-12-10-8-6-4-2;3-1-2-4/h32,34,36H,3-30H2,1-2H3,(H2,37,38,39);4H,1-3H2. The highest BCUT2D eigenvalue weighted by molar-refractivity contribution is 7.46. The van der Waals surface area contributed by atoms with Crippen molar-refractivity contribution in [2.45, 2.75) is 199 Å². The number of rotatable bonds is 33. The number of ketones is 1. The third-order valence-electron chi connectivity index (χ3n) is 8.50. The summed E-state index contributed by atoms with van der Waals surface area (Å²) in [6.45, 7) is 4.14. The Morgan fingerprint density at radius 1 is 0.644 bits per heavy atom. The fourth-order valence-electron chi connectivity index (χ4n) is 5.75. The largest absolute Gasteiger partial charge is 0.470 e. The van der Waals surface area contributed by atoms with Crippen molar-refractivity contribution in [3.8, 4) is 0 Å². The second-order valence-corrected chi connectivity index (χ2v) is 13.9. The number of hydrogen-bond acceptors (Lipinski definition) is 7. The van der Waals surface area contributed by atoms with Crippen molar-refractivity contribution < 1.29 is 39.0 Å². The molecule has 0 heterocycles. The van der Waals surface area contributed by atoms with Gasteiger partial charge in [0, 0.05) is 13.0 Å². The van der Waals surface area contributed by atoms with Gasteiger partial charge in [-0.2, -0.15) is 0 Å². The summed E-state index contributed by atoms with van der Waals surface area (Å²) >= 11 is 0. The number of carbonyl (C=O) groups excluding carboxylic acids is 1. The van der Waals surface area contributed by atoms with Gasteiger partial charge in [0.05, 0.1) is 13.2 Å². The number of unbranched alkanes of at least 4 members (excludes halogenated alkanes) is 23. The van der Waals surface area contributed by atoms with Gasteiger partial charge >= 0.3 is 7.82 Å². The van der Waals surface area contributed by atoms with E-state index in [1.165, 1.54) is 103 Å². The van der Waals surface area contributed by atoms with E-state index >= 15 is 0 Å². The number of aliphatic hydroxyl groups is 3. The molecule has 2 unspecified atom stereocenters. The van der Waals surface area contributed by atoms with Crippen LogP contribution in [0.4, 0.5) is 0 Å². The highest BCUT2D eigenvalue weighted by Gasteiger charge is 2.49. The summed E-state index contributed by atoms with van der Waals surface area (Å²) < 4.78 is 16.8. The first kappa shape index (κ1) is 46.7. The minimum Gasteiger partial charge on any atom is -0.395 e. The molecule has 0 aromatic carbocycles. The van der Waals surface area contributed by atoms with Gasteiger partial charge in [-0.1, -0.05) is 162 Å². The first-order valence-corrected chi connectivity index (χ1v) is 20.1. The van der Waals surface area contributed by atoms with Crippen LogP contribution in [-0.2, 0) is 13.9 Å². The van der Waals surface area contributed by atoms with Gasteiger partial charge in [-0.25, -0.2) is 4.57 Å². The lowest BCUT2D eigenvalue weighted by Gasteiger charge is -2.35. The van der Waals surface area contributed by atoms with Crippen LogP contribution in [0.1, 0.15) is 187 Å². The van der Waals surface area contributed by atoms with Gasteiger partial charge in [-0.05, 0) is 19.3 Å². The van der Waals surface area contributed by atoms with E-state index in [-0.39, 0.29) is 19.4 Å². The number of nitrogens with two attached hydrogens (primary N) is 1. The van der Waals surface area contributed by atoms with E-state index in [9.17, 15) is 29.4 Å². The van der Waals surface area contributed by atoms with E-state index in [0.29, 0.717) is 19.4 Å². The van der Waals surface area contributed by atoms with Gasteiger partial charge in [0.1, 0.15) is 6.10 Å². The Balaban J connectivity index is 0. The zero-order chi connectivity index (χ0) is 34.1. The normalized spacial score (nSPS) is 13.7. The molecule has 10 heteroatoms. The smallest absolute Gasteiger partial charge is 0.395 e. The molecule has 0 aliphatic heterocycles. The molecule has 0 rings (SSSR count). The predicted molar refractivity (Wildman–Crippen MR) is 186 cm³/mol. The fraction of sp³-hybridized carbons (Fsp3) is 0.971. The van der Waals surface area contributed by atoms with Crippen LogP contribution in [-0.4, -0.2) is 62.4 Å². The van der Waals surface area contributed by atoms with Crippen LogP contribution in [0.2, 0.25) is 0 Å². The Hall–Kier alpha value is -0.380. The van der Waals surface area contributed by atoms with E-state index in [1.807, 2.05) is 0 Å². The number of hydrogen-bond donors (Lipinski definition) is 6. The Labute approximate surface area is 276 Å². The molecule has 0 fully saturated rings. The van der Waals surface area contributed by atoms with Crippen molar-refractivity contribution in [2.24, 2.45) is 5.73 Å². The number of phosphoric acid groups is 1. The van der Waals surface area contributed by atoms with Crippen LogP contribution >= 0.6 is 7.82 Å². The summed E-state index contributed by atoms with van der Waals surface area (Å²) in [6, 6.07) is 0. The molecule has 272 valence electrons. The molecular weight excluding hydrogens is 593 g/mol. The fourth-order valence-corrected chi connectivity index (χ4v) is 6.49. The molecular formula is C35H74NO8P. The molecule has 7 N–H and O–H groups in total. The van der Waals surface area contributed by atoms with Crippen molar-refractivity contribution in [3.05, 3.63) is 0 Å². The minimum atomic E-state index is -5.06. The molecule has 0 aromatic heterocycles. The van der Waals surface area contributed by atoms with Crippen LogP contribution in [0.5, 0.6) is 0 Å². The summed E-state index contributed by atoms with van der Waals surface area (Å²) in [5.41, 5.74) is 2.71. The number of carbonyl (C=O) groups is 1. The lowest BCUT2D eigenvalue weighted by atomic mass is 9.84. The van der Waals surface area contributed by atoms with Crippen molar-refractivity contribution in [1.29, 1.82) is 0 Å². The Kier molecular flexibility index (Phi) is 34.8. The highest BCUT2D eigenvalue weighted by Crippen LogP contribution is 2.45. The monoisotopic (exact) mass is 668 g/mol. The van der Waals surface area contributed by atoms with Gasteiger partial charge in [0.15, 0.2) is 11.4 Å². The number of Topliss-reactive ketones (excluding diaryl/α,β-unsaturated/α-hetero) is 1.